The molecular formula is C26H36N2O6. The number of likely N-dealkylation sites (tertiary alicyclic amines) is 1. The van der Waals surface area contributed by atoms with Crippen LogP contribution in [0.2, 0.25) is 0 Å². The molecule has 4 aliphatic rings. The molecule has 1 aromatic carbocycles. The average molecular weight is 473 g/mol. The average Bonchev–Trinajstić information content (AvgIpc) is 2.90. The van der Waals surface area contributed by atoms with Crippen LogP contribution in [0.1, 0.15) is 56.9 Å². The van der Waals surface area contributed by atoms with Crippen molar-refractivity contribution >= 4 is 18.0 Å². The monoisotopic (exact) mass is 472 g/mol. The van der Waals surface area contributed by atoms with Crippen LogP contribution in [0.15, 0.2) is 30.3 Å². The summed E-state index contributed by atoms with van der Waals surface area (Å²) in [6, 6.07) is 8.70. The Hall–Kier alpha value is -2.61. The number of benzene rings is 1. The van der Waals surface area contributed by atoms with Crippen LogP contribution in [0.25, 0.3) is 0 Å². The summed E-state index contributed by atoms with van der Waals surface area (Å²) in [6.07, 6.45) is 6.89. The molecule has 1 aromatic rings. The van der Waals surface area contributed by atoms with E-state index in [2.05, 4.69) is 5.32 Å². The number of nitrogens with one attached hydrogen (secondary N) is 1. The number of nitrogens with zero attached hydrogens (tertiary/aromatic N) is 1. The lowest BCUT2D eigenvalue weighted by Crippen LogP contribution is -2.54. The molecule has 1 N–H and O–H groups in total. The van der Waals surface area contributed by atoms with Gasteiger partial charge in [-0.25, -0.2) is 9.59 Å². The third kappa shape index (κ3) is 5.90. The molecule has 3 saturated carbocycles. The van der Waals surface area contributed by atoms with Crippen molar-refractivity contribution in [2.24, 2.45) is 11.3 Å². The van der Waals surface area contributed by atoms with Crippen molar-refractivity contribution in [3.05, 3.63) is 35.9 Å². The number of fused-ring (bicyclic) bond motifs is 3. The van der Waals surface area contributed by atoms with Gasteiger partial charge in [0, 0.05) is 12.0 Å². The Balaban J connectivity index is 1.27. The normalized spacial score (nSPS) is 27.0. The number of carbonyl (C=O) groups excluding carboxylic acids is 3. The second kappa shape index (κ2) is 11.2. The molecule has 0 spiro atoms. The molecule has 2 amide bonds. The molecule has 3 aliphatic carbocycles. The van der Waals surface area contributed by atoms with E-state index >= 15 is 0 Å². The van der Waals surface area contributed by atoms with E-state index in [0.29, 0.717) is 13.1 Å². The van der Waals surface area contributed by atoms with Crippen LogP contribution in [-0.2, 0) is 30.4 Å². The van der Waals surface area contributed by atoms with Crippen molar-refractivity contribution in [3.8, 4) is 0 Å². The number of hydrogen-bond acceptors (Lipinski definition) is 6. The highest BCUT2D eigenvalue weighted by Gasteiger charge is 2.46. The molecule has 186 valence electrons. The fourth-order valence-electron chi connectivity index (χ4n) is 5.50. The first-order chi connectivity index (χ1) is 16.5. The highest BCUT2D eigenvalue weighted by molar-refractivity contribution is 5.88. The lowest BCUT2D eigenvalue weighted by Gasteiger charge is -2.45. The molecule has 8 heteroatoms. The van der Waals surface area contributed by atoms with Gasteiger partial charge in [-0.1, -0.05) is 30.3 Å². The smallest absolute Gasteiger partial charge is 0.410 e. The molecule has 0 aromatic heterocycles. The molecule has 5 rings (SSSR count). The summed E-state index contributed by atoms with van der Waals surface area (Å²) in [4.78, 5) is 39.7. The van der Waals surface area contributed by atoms with E-state index in [9.17, 15) is 14.4 Å². The molecule has 2 atom stereocenters. The first-order valence-electron chi connectivity index (χ1n) is 12.4. The highest BCUT2D eigenvalue weighted by Crippen LogP contribution is 2.50. The summed E-state index contributed by atoms with van der Waals surface area (Å²) in [5.74, 6) is 0.187. The first kappa shape index (κ1) is 24.5. The number of esters is 1. The largest absolute Gasteiger partial charge is 0.467 e. The number of piperidine rings is 1. The summed E-state index contributed by atoms with van der Waals surface area (Å²) in [5, 5.41) is 2.92. The zero-order chi connectivity index (χ0) is 24.0. The summed E-state index contributed by atoms with van der Waals surface area (Å²) in [7, 11) is 1.32. The van der Waals surface area contributed by atoms with Crippen LogP contribution >= 0.6 is 0 Å². The van der Waals surface area contributed by atoms with Crippen molar-refractivity contribution in [1.29, 1.82) is 0 Å². The number of methoxy groups -OCH3 is 1. The Kier molecular flexibility index (Phi) is 8.08. The summed E-state index contributed by atoms with van der Waals surface area (Å²) in [5.41, 5.74) is 0.578. The number of rotatable bonds is 8. The first-order valence-corrected chi connectivity index (χ1v) is 12.4. The molecule has 1 aliphatic heterocycles. The number of amides is 2. The minimum Gasteiger partial charge on any atom is -0.467 e. The Morgan fingerprint density at radius 3 is 2.47 bits per heavy atom. The fourth-order valence-corrected chi connectivity index (χ4v) is 5.50. The maximum atomic E-state index is 13.1. The van der Waals surface area contributed by atoms with Gasteiger partial charge in [0.05, 0.1) is 26.4 Å². The molecule has 4 fully saturated rings. The van der Waals surface area contributed by atoms with E-state index in [1.165, 1.54) is 7.11 Å². The number of hydrogen-bond donors (Lipinski definition) is 1. The predicted octanol–water partition coefficient (Wildman–Crippen LogP) is 3.43. The second-order valence-electron chi connectivity index (χ2n) is 9.90. The van der Waals surface area contributed by atoms with E-state index < -0.39 is 12.0 Å². The van der Waals surface area contributed by atoms with Crippen LogP contribution in [-0.4, -0.2) is 61.8 Å². The van der Waals surface area contributed by atoms with E-state index in [-0.39, 0.29) is 36.7 Å². The minimum atomic E-state index is -0.855. The zero-order valence-corrected chi connectivity index (χ0v) is 20.0. The van der Waals surface area contributed by atoms with Crippen molar-refractivity contribution in [3.63, 3.8) is 0 Å². The highest BCUT2D eigenvalue weighted by atomic mass is 16.6. The third-order valence-electron chi connectivity index (χ3n) is 7.71. The molecule has 0 unspecified atom stereocenters. The Morgan fingerprint density at radius 2 is 1.79 bits per heavy atom. The van der Waals surface area contributed by atoms with Crippen LogP contribution in [0.4, 0.5) is 4.79 Å². The third-order valence-corrected chi connectivity index (χ3v) is 7.71. The SMILES string of the molecule is COC(=O)[C@@H](CO[C@@H]1CCCN(C(=O)OCc2ccccc2)C1)NC(=O)C12CCC(CC1)CC2. The molecule has 34 heavy (non-hydrogen) atoms. The molecule has 8 nitrogen and oxygen atoms in total. The van der Waals surface area contributed by atoms with Gasteiger partial charge >= 0.3 is 12.1 Å². The molecule has 1 saturated heterocycles. The summed E-state index contributed by atoms with van der Waals surface area (Å²) >= 11 is 0. The van der Waals surface area contributed by atoms with Gasteiger partial charge in [-0.15, -0.1) is 0 Å². The van der Waals surface area contributed by atoms with E-state index in [1.54, 1.807) is 4.90 Å². The fraction of sp³-hybridized carbons (Fsp3) is 0.654. The van der Waals surface area contributed by atoms with Crippen LogP contribution < -0.4 is 5.32 Å². The van der Waals surface area contributed by atoms with Crippen LogP contribution in [0.5, 0.6) is 0 Å². The van der Waals surface area contributed by atoms with Gasteiger partial charge < -0.3 is 24.4 Å². The predicted molar refractivity (Wildman–Crippen MR) is 125 cm³/mol. The maximum Gasteiger partial charge on any atom is 0.410 e. The van der Waals surface area contributed by atoms with Crippen molar-refractivity contribution < 1.29 is 28.6 Å². The van der Waals surface area contributed by atoms with Crippen LogP contribution in [0.3, 0.4) is 0 Å². The maximum absolute atomic E-state index is 13.1. The quantitative estimate of drug-likeness (QED) is 0.583. The topological polar surface area (TPSA) is 94.2 Å². The van der Waals surface area contributed by atoms with Gasteiger partial charge in [-0.05, 0) is 62.8 Å². The Labute approximate surface area is 201 Å². The van der Waals surface area contributed by atoms with Gasteiger partial charge in [0.15, 0.2) is 6.04 Å². The van der Waals surface area contributed by atoms with Gasteiger partial charge in [0.2, 0.25) is 5.91 Å². The van der Waals surface area contributed by atoms with Gasteiger partial charge in [0.1, 0.15) is 6.61 Å². The van der Waals surface area contributed by atoms with Crippen molar-refractivity contribution in [1.82, 2.24) is 10.2 Å². The van der Waals surface area contributed by atoms with Crippen LogP contribution in [0, 0.1) is 11.3 Å². The van der Waals surface area contributed by atoms with Crippen molar-refractivity contribution in [2.45, 2.75) is 70.1 Å². The Morgan fingerprint density at radius 1 is 1.09 bits per heavy atom. The van der Waals surface area contributed by atoms with Crippen molar-refractivity contribution in [2.75, 3.05) is 26.8 Å². The number of carbonyl (C=O) groups is 3. The standard InChI is InChI=1S/C26H36N2O6/c1-32-23(29)22(27-24(30)26-12-9-19(10-13-26)11-14-26)18-33-21-8-5-15-28(16-21)25(31)34-17-20-6-3-2-4-7-20/h2-4,6-7,19,21-22H,5,8-18H2,1H3,(H,27,30)/t19?,21-,22-,26?/m1/s1. The van der Waals surface area contributed by atoms with E-state index in [1.807, 2.05) is 30.3 Å². The Bertz CT molecular complexity index is 838. The zero-order valence-electron chi connectivity index (χ0n) is 20.0. The molecule has 0 radical (unpaired) electrons. The molecular weight excluding hydrogens is 436 g/mol. The summed E-state index contributed by atoms with van der Waals surface area (Å²) < 4.78 is 16.4. The minimum absolute atomic E-state index is 0.0225. The lowest BCUT2D eigenvalue weighted by molar-refractivity contribution is -0.151. The summed E-state index contributed by atoms with van der Waals surface area (Å²) in [6.45, 7) is 1.24. The molecule has 1 heterocycles. The van der Waals surface area contributed by atoms with E-state index in [4.69, 9.17) is 14.2 Å². The van der Waals surface area contributed by atoms with Gasteiger partial charge in [0.25, 0.3) is 0 Å². The number of ether oxygens (including phenoxy) is 3. The lowest BCUT2D eigenvalue weighted by atomic mass is 9.60. The molecule has 2 bridgehead atoms. The second-order valence-corrected chi connectivity index (χ2v) is 9.90. The van der Waals surface area contributed by atoms with Gasteiger partial charge in [-0.2, -0.15) is 0 Å². The van der Waals surface area contributed by atoms with E-state index in [0.717, 1.165) is 62.8 Å². The van der Waals surface area contributed by atoms with Gasteiger partial charge in [-0.3, -0.25) is 4.79 Å².